The lowest BCUT2D eigenvalue weighted by molar-refractivity contribution is 0.403. The number of benzene rings is 1. The Labute approximate surface area is 103 Å². The van der Waals surface area contributed by atoms with Crippen molar-refractivity contribution in [1.29, 1.82) is 0 Å². The number of phenols is 1. The Bertz CT molecular complexity index is 566. The summed E-state index contributed by atoms with van der Waals surface area (Å²) in [5, 5.41) is 14.1. The highest BCUT2D eigenvalue weighted by Gasteiger charge is 2.17. The van der Waals surface area contributed by atoms with E-state index < -0.39 is 0 Å². The second-order valence-electron chi connectivity index (χ2n) is 3.53. The Morgan fingerprint density at radius 1 is 1.47 bits per heavy atom. The summed E-state index contributed by atoms with van der Waals surface area (Å²) in [6.45, 7) is 1.70. The van der Waals surface area contributed by atoms with Crippen LogP contribution in [0.25, 0.3) is 11.3 Å². The number of ether oxygens (including phenoxy) is 1. The first-order valence-corrected chi connectivity index (χ1v) is 5.21. The number of aromatic hydroxyl groups is 1. The zero-order valence-corrected chi connectivity index (χ0v) is 10.1. The van der Waals surface area contributed by atoms with E-state index in [4.69, 9.17) is 26.6 Å². The second kappa shape index (κ2) is 4.18. The maximum absolute atomic E-state index is 10.0. The molecule has 0 spiro atoms. The third kappa shape index (κ3) is 1.89. The van der Waals surface area contributed by atoms with Crippen molar-refractivity contribution in [3.63, 3.8) is 0 Å². The highest BCUT2D eigenvalue weighted by molar-refractivity contribution is 6.32. The molecule has 0 saturated carbocycles. The van der Waals surface area contributed by atoms with E-state index in [1.165, 1.54) is 13.2 Å². The van der Waals surface area contributed by atoms with Crippen molar-refractivity contribution < 1.29 is 14.4 Å². The number of nitrogens with zero attached hydrogens (tertiary/aromatic N) is 1. The molecular formula is C11H11ClN2O3. The Morgan fingerprint density at radius 3 is 2.71 bits per heavy atom. The predicted molar refractivity (Wildman–Crippen MR) is 64.3 cm³/mol. The number of aromatic nitrogens is 1. The molecular weight excluding hydrogens is 244 g/mol. The molecule has 0 radical (unpaired) electrons. The van der Waals surface area contributed by atoms with Crippen LogP contribution in [0.1, 0.15) is 5.56 Å². The Balaban J connectivity index is 2.64. The van der Waals surface area contributed by atoms with E-state index in [-0.39, 0.29) is 11.6 Å². The number of rotatable bonds is 2. The summed E-state index contributed by atoms with van der Waals surface area (Å²) in [6.07, 6.45) is 0. The number of phenolic OH excluding ortho intramolecular Hbond substituents is 1. The van der Waals surface area contributed by atoms with E-state index >= 15 is 0 Å². The number of hydrogen-bond acceptors (Lipinski definition) is 5. The molecule has 0 amide bonds. The molecule has 1 aromatic carbocycles. The minimum Gasteiger partial charge on any atom is -0.507 e. The van der Waals surface area contributed by atoms with E-state index in [9.17, 15) is 5.11 Å². The van der Waals surface area contributed by atoms with Gasteiger partial charge in [0.2, 0.25) is 5.88 Å². The highest BCUT2D eigenvalue weighted by atomic mass is 35.5. The van der Waals surface area contributed by atoms with Gasteiger partial charge in [-0.25, -0.2) is 0 Å². The highest BCUT2D eigenvalue weighted by Crippen LogP contribution is 2.41. The fraction of sp³-hybridized carbons (Fsp3) is 0.182. The van der Waals surface area contributed by atoms with E-state index in [2.05, 4.69) is 5.16 Å². The molecule has 1 aromatic heterocycles. The third-order valence-electron chi connectivity index (χ3n) is 2.45. The van der Waals surface area contributed by atoms with Crippen molar-refractivity contribution in [2.24, 2.45) is 0 Å². The van der Waals surface area contributed by atoms with Crippen molar-refractivity contribution >= 4 is 17.5 Å². The Kier molecular flexibility index (Phi) is 2.85. The van der Waals surface area contributed by atoms with Gasteiger partial charge in [0.1, 0.15) is 17.2 Å². The van der Waals surface area contributed by atoms with Crippen LogP contribution in [0.3, 0.4) is 0 Å². The summed E-state index contributed by atoms with van der Waals surface area (Å²) in [5.41, 5.74) is 6.84. The molecule has 6 heteroatoms. The van der Waals surface area contributed by atoms with Crippen molar-refractivity contribution in [3.8, 4) is 22.8 Å². The SMILES string of the molecule is COc1c(Cl)cc(-c2cc(N)on2)c(O)c1C. The van der Waals surface area contributed by atoms with Crippen LogP contribution in [0.4, 0.5) is 5.88 Å². The van der Waals surface area contributed by atoms with Gasteiger partial charge in [0, 0.05) is 17.2 Å². The normalized spacial score (nSPS) is 10.5. The molecule has 2 rings (SSSR count). The standard InChI is InChI=1S/C11H11ClN2O3/c1-5-10(15)6(3-7(12)11(5)16-2)8-4-9(13)17-14-8/h3-4,15H,13H2,1-2H3. The van der Waals surface area contributed by atoms with Crippen LogP contribution >= 0.6 is 11.6 Å². The van der Waals surface area contributed by atoms with Gasteiger partial charge in [-0.2, -0.15) is 0 Å². The van der Waals surface area contributed by atoms with Crippen LogP contribution in [0.15, 0.2) is 16.7 Å². The first-order valence-electron chi connectivity index (χ1n) is 4.83. The molecule has 17 heavy (non-hydrogen) atoms. The summed E-state index contributed by atoms with van der Waals surface area (Å²) in [7, 11) is 1.49. The van der Waals surface area contributed by atoms with E-state index in [1.807, 2.05) is 0 Å². The topological polar surface area (TPSA) is 81.5 Å². The van der Waals surface area contributed by atoms with Gasteiger partial charge in [0.25, 0.3) is 0 Å². The monoisotopic (exact) mass is 254 g/mol. The third-order valence-corrected chi connectivity index (χ3v) is 2.73. The lowest BCUT2D eigenvalue weighted by Crippen LogP contribution is -1.91. The molecule has 1 heterocycles. The fourth-order valence-corrected chi connectivity index (χ4v) is 1.94. The lowest BCUT2D eigenvalue weighted by Gasteiger charge is -2.11. The average Bonchev–Trinajstić information content (AvgIpc) is 2.71. The first-order chi connectivity index (χ1) is 8.04. The number of halogens is 1. The van der Waals surface area contributed by atoms with Crippen LogP contribution < -0.4 is 10.5 Å². The zero-order valence-electron chi connectivity index (χ0n) is 9.32. The fourth-order valence-electron chi connectivity index (χ4n) is 1.61. The molecule has 5 nitrogen and oxygen atoms in total. The van der Waals surface area contributed by atoms with Crippen LogP contribution in [0, 0.1) is 6.92 Å². The molecule has 3 N–H and O–H groups in total. The van der Waals surface area contributed by atoms with Gasteiger partial charge in [-0.3, -0.25) is 0 Å². The summed E-state index contributed by atoms with van der Waals surface area (Å²) >= 11 is 6.04. The summed E-state index contributed by atoms with van der Waals surface area (Å²) in [6, 6.07) is 3.07. The second-order valence-corrected chi connectivity index (χ2v) is 3.93. The van der Waals surface area contributed by atoms with Crippen molar-refractivity contribution in [1.82, 2.24) is 5.16 Å². The average molecular weight is 255 g/mol. The number of methoxy groups -OCH3 is 1. The maximum Gasteiger partial charge on any atom is 0.222 e. The van der Waals surface area contributed by atoms with Crippen molar-refractivity contribution in [2.75, 3.05) is 12.8 Å². The molecule has 0 saturated heterocycles. The van der Waals surface area contributed by atoms with Gasteiger partial charge in [-0.05, 0) is 13.0 Å². The van der Waals surface area contributed by atoms with Gasteiger partial charge in [-0.1, -0.05) is 16.8 Å². The minimum absolute atomic E-state index is 0.0413. The molecule has 0 aliphatic rings. The molecule has 0 aliphatic heterocycles. The summed E-state index contributed by atoms with van der Waals surface area (Å²) in [4.78, 5) is 0. The van der Waals surface area contributed by atoms with Crippen LogP contribution in [0.5, 0.6) is 11.5 Å². The molecule has 0 atom stereocenters. The quantitative estimate of drug-likeness (QED) is 0.861. The van der Waals surface area contributed by atoms with Gasteiger partial charge in [0.15, 0.2) is 0 Å². The smallest absolute Gasteiger partial charge is 0.222 e. The van der Waals surface area contributed by atoms with Gasteiger partial charge in [0.05, 0.1) is 12.1 Å². The Morgan fingerprint density at radius 2 is 2.18 bits per heavy atom. The summed E-state index contributed by atoms with van der Waals surface area (Å²) < 4.78 is 9.84. The number of nitrogens with two attached hydrogens (primary N) is 1. The minimum atomic E-state index is 0.0413. The van der Waals surface area contributed by atoms with Crippen LogP contribution in [0.2, 0.25) is 5.02 Å². The van der Waals surface area contributed by atoms with Crippen LogP contribution in [-0.2, 0) is 0 Å². The molecule has 2 aromatic rings. The van der Waals surface area contributed by atoms with E-state index in [0.29, 0.717) is 27.6 Å². The Hall–Kier alpha value is -1.88. The summed E-state index contributed by atoms with van der Waals surface area (Å²) in [5.74, 6) is 0.646. The molecule has 0 aliphatic carbocycles. The first kappa shape index (κ1) is 11.6. The van der Waals surface area contributed by atoms with Crippen LogP contribution in [-0.4, -0.2) is 17.4 Å². The van der Waals surface area contributed by atoms with Gasteiger partial charge in [-0.15, -0.1) is 0 Å². The number of anilines is 1. The predicted octanol–water partition coefficient (Wildman–Crippen LogP) is 2.60. The number of hydrogen-bond donors (Lipinski definition) is 2. The largest absolute Gasteiger partial charge is 0.507 e. The maximum atomic E-state index is 10.0. The van der Waals surface area contributed by atoms with Crippen molar-refractivity contribution in [2.45, 2.75) is 6.92 Å². The molecule has 0 bridgehead atoms. The lowest BCUT2D eigenvalue weighted by atomic mass is 10.1. The zero-order chi connectivity index (χ0) is 12.6. The van der Waals surface area contributed by atoms with Gasteiger partial charge >= 0.3 is 0 Å². The van der Waals surface area contributed by atoms with E-state index in [1.54, 1.807) is 13.0 Å². The van der Waals surface area contributed by atoms with Crippen molar-refractivity contribution in [3.05, 3.63) is 22.7 Å². The molecule has 90 valence electrons. The molecule has 0 unspecified atom stereocenters. The molecule has 0 fully saturated rings. The van der Waals surface area contributed by atoms with Gasteiger partial charge < -0.3 is 20.1 Å². The number of nitrogen functional groups attached to an aromatic ring is 1. The van der Waals surface area contributed by atoms with E-state index in [0.717, 1.165) is 0 Å².